The summed E-state index contributed by atoms with van der Waals surface area (Å²) in [6, 6.07) is 15.4. The van der Waals surface area contributed by atoms with Gasteiger partial charge in [0.2, 0.25) is 0 Å². The van der Waals surface area contributed by atoms with Crippen molar-refractivity contribution in [1.82, 2.24) is 4.90 Å². The van der Waals surface area contributed by atoms with Gasteiger partial charge >= 0.3 is 0 Å². The molecule has 2 aromatic rings. The predicted molar refractivity (Wildman–Crippen MR) is 98.2 cm³/mol. The van der Waals surface area contributed by atoms with Crippen molar-refractivity contribution in [3.63, 3.8) is 0 Å². The summed E-state index contributed by atoms with van der Waals surface area (Å²) < 4.78 is 16.8. The van der Waals surface area contributed by atoms with Crippen LogP contribution in [0.3, 0.4) is 0 Å². The standard InChI is InChI=1S/C20H22N2O4/c23-20(15-26-17-4-2-1-3-5-17)22-10-8-21(9-11-22)16-6-7-18-19(14-16)25-13-12-24-18/h1-7,14H,8-13,15H2. The topological polar surface area (TPSA) is 51.2 Å². The van der Waals surface area contributed by atoms with E-state index in [4.69, 9.17) is 14.2 Å². The van der Waals surface area contributed by atoms with Crippen LogP contribution >= 0.6 is 0 Å². The summed E-state index contributed by atoms with van der Waals surface area (Å²) in [4.78, 5) is 16.5. The molecule has 0 spiro atoms. The summed E-state index contributed by atoms with van der Waals surface area (Å²) in [6.45, 7) is 4.21. The van der Waals surface area contributed by atoms with Crippen LogP contribution in [-0.2, 0) is 4.79 Å². The highest BCUT2D eigenvalue weighted by Gasteiger charge is 2.23. The molecule has 6 heteroatoms. The Bertz CT molecular complexity index is 758. The van der Waals surface area contributed by atoms with Crippen molar-refractivity contribution in [2.24, 2.45) is 0 Å². The Balaban J connectivity index is 1.30. The lowest BCUT2D eigenvalue weighted by Gasteiger charge is -2.36. The molecule has 26 heavy (non-hydrogen) atoms. The maximum Gasteiger partial charge on any atom is 0.260 e. The van der Waals surface area contributed by atoms with Crippen LogP contribution < -0.4 is 19.1 Å². The predicted octanol–water partition coefficient (Wildman–Crippen LogP) is 2.19. The van der Waals surface area contributed by atoms with Gasteiger partial charge in [0.1, 0.15) is 19.0 Å². The molecule has 1 saturated heterocycles. The number of carbonyl (C=O) groups is 1. The number of hydrogen-bond donors (Lipinski definition) is 0. The first kappa shape index (κ1) is 16.6. The van der Waals surface area contributed by atoms with Crippen molar-refractivity contribution < 1.29 is 19.0 Å². The third kappa shape index (κ3) is 3.69. The molecular formula is C20H22N2O4. The summed E-state index contributed by atoms with van der Waals surface area (Å²) in [7, 11) is 0. The monoisotopic (exact) mass is 354 g/mol. The first-order valence-electron chi connectivity index (χ1n) is 8.90. The molecule has 6 nitrogen and oxygen atoms in total. The van der Waals surface area contributed by atoms with Gasteiger partial charge in [0.25, 0.3) is 5.91 Å². The van der Waals surface area contributed by atoms with Gasteiger partial charge in [0.15, 0.2) is 18.1 Å². The van der Waals surface area contributed by atoms with Crippen LogP contribution in [0.25, 0.3) is 0 Å². The zero-order chi connectivity index (χ0) is 17.8. The highest BCUT2D eigenvalue weighted by molar-refractivity contribution is 5.78. The Hall–Kier alpha value is -2.89. The van der Waals surface area contributed by atoms with Crippen molar-refractivity contribution in [3.8, 4) is 17.2 Å². The van der Waals surface area contributed by atoms with E-state index in [1.165, 1.54) is 0 Å². The van der Waals surface area contributed by atoms with Crippen molar-refractivity contribution in [2.45, 2.75) is 0 Å². The maximum absolute atomic E-state index is 12.4. The van der Waals surface area contributed by atoms with Crippen molar-refractivity contribution in [1.29, 1.82) is 0 Å². The van der Waals surface area contributed by atoms with Crippen molar-refractivity contribution >= 4 is 11.6 Å². The number of carbonyl (C=O) groups excluding carboxylic acids is 1. The molecule has 0 aliphatic carbocycles. The van der Waals surface area contributed by atoms with Crippen LogP contribution in [-0.4, -0.2) is 56.8 Å². The van der Waals surface area contributed by atoms with Crippen molar-refractivity contribution in [2.75, 3.05) is 50.9 Å². The van der Waals surface area contributed by atoms with E-state index in [1.807, 2.05) is 53.4 Å². The third-order valence-corrected chi connectivity index (χ3v) is 4.63. The Labute approximate surface area is 152 Å². The lowest BCUT2D eigenvalue weighted by Crippen LogP contribution is -2.50. The first-order valence-corrected chi connectivity index (χ1v) is 8.90. The maximum atomic E-state index is 12.4. The number of rotatable bonds is 4. The van der Waals surface area contributed by atoms with Crippen LogP contribution in [0.1, 0.15) is 0 Å². The van der Waals surface area contributed by atoms with Crippen LogP contribution in [0.15, 0.2) is 48.5 Å². The van der Waals surface area contributed by atoms with E-state index in [9.17, 15) is 4.79 Å². The van der Waals surface area contributed by atoms with Gasteiger partial charge in [-0.2, -0.15) is 0 Å². The zero-order valence-corrected chi connectivity index (χ0v) is 14.6. The fourth-order valence-electron chi connectivity index (χ4n) is 3.20. The molecule has 0 bridgehead atoms. The Kier molecular flexibility index (Phi) is 4.82. The molecule has 2 aromatic carbocycles. The average Bonchev–Trinajstić information content (AvgIpc) is 2.72. The molecule has 0 saturated carbocycles. The molecule has 0 aromatic heterocycles. The Morgan fingerprint density at radius 3 is 2.42 bits per heavy atom. The summed E-state index contributed by atoms with van der Waals surface area (Å²) >= 11 is 0. The molecule has 0 N–H and O–H groups in total. The van der Waals surface area contributed by atoms with Crippen molar-refractivity contribution in [3.05, 3.63) is 48.5 Å². The van der Waals surface area contributed by atoms with E-state index in [2.05, 4.69) is 4.90 Å². The van der Waals surface area contributed by atoms with Gasteiger partial charge in [-0.1, -0.05) is 18.2 Å². The SMILES string of the molecule is O=C(COc1ccccc1)N1CCN(c2ccc3c(c2)OCCO3)CC1. The Morgan fingerprint density at radius 1 is 0.923 bits per heavy atom. The first-order chi connectivity index (χ1) is 12.8. The van der Waals surface area contributed by atoms with E-state index in [1.54, 1.807) is 0 Å². The molecule has 0 atom stereocenters. The van der Waals surface area contributed by atoms with Gasteiger partial charge in [0, 0.05) is 37.9 Å². The molecule has 2 aliphatic heterocycles. The number of anilines is 1. The lowest BCUT2D eigenvalue weighted by atomic mass is 10.2. The molecule has 2 heterocycles. The van der Waals surface area contributed by atoms with E-state index in [0.717, 1.165) is 36.0 Å². The number of piperazine rings is 1. The van der Waals surface area contributed by atoms with E-state index < -0.39 is 0 Å². The summed E-state index contributed by atoms with van der Waals surface area (Å²) in [5.41, 5.74) is 1.10. The second kappa shape index (κ2) is 7.56. The van der Waals surface area contributed by atoms with E-state index in [-0.39, 0.29) is 12.5 Å². The highest BCUT2D eigenvalue weighted by atomic mass is 16.6. The Morgan fingerprint density at radius 2 is 1.65 bits per heavy atom. The fraction of sp³-hybridized carbons (Fsp3) is 0.350. The lowest BCUT2D eigenvalue weighted by molar-refractivity contribution is -0.133. The molecule has 136 valence electrons. The van der Waals surface area contributed by atoms with Gasteiger partial charge in [0.05, 0.1) is 0 Å². The number of amides is 1. The van der Waals surface area contributed by atoms with Crippen LogP contribution in [0.2, 0.25) is 0 Å². The molecular weight excluding hydrogens is 332 g/mol. The molecule has 1 fully saturated rings. The average molecular weight is 354 g/mol. The minimum absolute atomic E-state index is 0.0238. The van der Waals surface area contributed by atoms with Gasteiger partial charge in [-0.3, -0.25) is 4.79 Å². The summed E-state index contributed by atoms with van der Waals surface area (Å²) in [5, 5.41) is 0. The minimum Gasteiger partial charge on any atom is -0.486 e. The normalized spacial score (nSPS) is 16.3. The number of ether oxygens (including phenoxy) is 3. The summed E-state index contributed by atoms with van der Waals surface area (Å²) in [5.74, 6) is 2.34. The molecule has 2 aliphatic rings. The van der Waals surface area contributed by atoms with Gasteiger partial charge < -0.3 is 24.0 Å². The number of benzene rings is 2. The van der Waals surface area contributed by atoms with Crippen LogP contribution in [0, 0.1) is 0 Å². The largest absolute Gasteiger partial charge is 0.486 e. The smallest absolute Gasteiger partial charge is 0.260 e. The molecule has 0 radical (unpaired) electrons. The van der Waals surface area contributed by atoms with Gasteiger partial charge in [-0.15, -0.1) is 0 Å². The van der Waals surface area contributed by atoms with E-state index in [0.29, 0.717) is 26.3 Å². The van der Waals surface area contributed by atoms with Gasteiger partial charge in [-0.05, 0) is 24.3 Å². The van der Waals surface area contributed by atoms with Crippen LogP contribution in [0.4, 0.5) is 5.69 Å². The van der Waals surface area contributed by atoms with Gasteiger partial charge in [-0.25, -0.2) is 0 Å². The zero-order valence-electron chi connectivity index (χ0n) is 14.6. The molecule has 0 unspecified atom stereocenters. The van der Waals surface area contributed by atoms with Crippen LogP contribution in [0.5, 0.6) is 17.2 Å². The third-order valence-electron chi connectivity index (χ3n) is 4.63. The second-order valence-electron chi connectivity index (χ2n) is 6.30. The summed E-state index contributed by atoms with van der Waals surface area (Å²) in [6.07, 6.45) is 0. The number of fused-ring (bicyclic) bond motifs is 1. The minimum atomic E-state index is 0.0238. The second-order valence-corrected chi connectivity index (χ2v) is 6.30. The fourth-order valence-corrected chi connectivity index (χ4v) is 3.20. The number of hydrogen-bond acceptors (Lipinski definition) is 5. The highest BCUT2D eigenvalue weighted by Crippen LogP contribution is 2.34. The number of nitrogens with zero attached hydrogens (tertiary/aromatic N) is 2. The molecule has 1 amide bonds. The quantitative estimate of drug-likeness (QED) is 0.842. The van der Waals surface area contributed by atoms with E-state index >= 15 is 0 Å². The number of para-hydroxylation sites is 1. The molecule has 4 rings (SSSR count).